The largest absolute Gasteiger partial charge is 0.326 e. The van der Waals surface area contributed by atoms with Crippen molar-refractivity contribution >= 4 is 23.2 Å². The van der Waals surface area contributed by atoms with Gasteiger partial charge in [0.15, 0.2) is 5.15 Å². The molecule has 1 aromatic rings. The molecular formula is C13H19ClN4O. The molecule has 0 aromatic carbocycles. The lowest BCUT2D eigenvalue weighted by molar-refractivity contribution is -0.117. The average molecular weight is 283 g/mol. The maximum absolute atomic E-state index is 11.9. The van der Waals surface area contributed by atoms with Crippen LogP contribution in [0.5, 0.6) is 0 Å². The Morgan fingerprint density at radius 3 is 3.16 bits per heavy atom. The molecule has 0 spiro atoms. The van der Waals surface area contributed by atoms with Gasteiger partial charge in [0.25, 0.3) is 0 Å². The van der Waals surface area contributed by atoms with Crippen molar-refractivity contribution in [2.24, 2.45) is 11.7 Å². The van der Waals surface area contributed by atoms with E-state index in [1.54, 1.807) is 18.3 Å². The van der Waals surface area contributed by atoms with Crippen LogP contribution in [0.3, 0.4) is 0 Å². The molecule has 0 aliphatic carbocycles. The molecule has 1 aromatic heterocycles. The number of carbonyl (C=O) groups excluding carboxylic acids is 1. The Labute approximate surface area is 118 Å². The van der Waals surface area contributed by atoms with Gasteiger partial charge in [-0.3, -0.25) is 9.69 Å². The molecular weight excluding hydrogens is 264 g/mol. The van der Waals surface area contributed by atoms with Crippen LogP contribution in [0.1, 0.15) is 13.3 Å². The van der Waals surface area contributed by atoms with Crippen molar-refractivity contribution in [1.29, 1.82) is 0 Å². The van der Waals surface area contributed by atoms with Crippen molar-refractivity contribution < 1.29 is 4.79 Å². The van der Waals surface area contributed by atoms with Crippen molar-refractivity contribution in [3.63, 3.8) is 0 Å². The number of rotatable bonds is 3. The number of piperidine rings is 1. The van der Waals surface area contributed by atoms with Gasteiger partial charge in [0.2, 0.25) is 5.91 Å². The fourth-order valence-electron chi connectivity index (χ4n) is 2.19. The summed E-state index contributed by atoms with van der Waals surface area (Å²) >= 11 is 5.89. The van der Waals surface area contributed by atoms with E-state index in [4.69, 9.17) is 17.3 Å². The lowest BCUT2D eigenvalue weighted by Crippen LogP contribution is -2.49. The highest BCUT2D eigenvalue weighted by Crippen LogP contribution is 2.18. The maximum Gasteiger partial charge on any atom is 0.238 e. The summed E-state index contributed by atoms with van der Waals surface area (Å²) in [5.74, 6) is 0.434. The van der Waals surface area contributed by atoms with Crippen LogP contribution in [-0.4, -0.2) is 41.5 Å². The number of anilines is 1. The number of hydrogen-bond donors (Lipinski definition) is 2. The van der Waals surface area contributed by atoms with Gasteiger partial charge in [-0.05, 0) is 31.0 Å². The molecule has 6 heteroatoms. The van der Waals surface area contributed by atoms with Gasteiger partial charge in [-0.15, -0.1) is 0 Å². The fraction of sp³-hybridized carbons (Fsp3) is 0.538. The van der Waals surface area contributed by atoms with Gasteiger partial charge in [-0.2, -0.15) is 0 Å². The zero-order chi connectivity index (χ0) is 13.8. The first-order valence-electron chi connectivity index (χ1n) is 6.44. The first-order valence-corrected chi connectivity index (χ1v) is 6.82. The first kappa shape index (κ1) is 14.2. The number of pyridine rings is 1. The molecule has 2 atom stereocenters. The van der Waals surface area contributed by atoms with Crippen molar-refractivity contribution in [3.05, 3.63) is 23.5 Å². The van der Waals surface area contributed by atoms with Gasteiger partial charge in [0.1, 0.15) is 0 Å². The minimum atomic E-state index is -0.0864. The summed E-state index contributed by atoms with van der Waals surface area (Å²) in [6.07, 6.45) is 2.62. The monoisotopic (exact) mass is 282 g/mol. The Balaban J connectivity index is 1.87. The summed E-state index contributed by atoms with van der Waals surface area (Å²) in [7, 11) is 0. The average Bonchev–Trinajstić information content (AvgIpc) is 2.37. The minimum absolute atomic E-state index is 0.0864. The fourth-order valence-corrected chi connectivity index (χ4v) is 2.35. The SMILES string of the molecule is CC1CCN(CC(=O)Nc2cccnc2Cl)CC1N. The number of hydrogen-bond acceptors (Lipinski definition) is 4. The van der Waals surface area contributed by atoms with Crippen LogP contribution in [-0.2, 0) is 4.79 Å². The normalized spacial score (nSPS) is 24.2. The Morgan fingerprint density at radius 2 is 2.47 bits per heavy atom. The minimum Gasteiger partial charge on any atom is -0.326 e. The van der Waals surface area contributed by atoms with Crippen molar-refractivity contribution in [3.8, 4) is 0 Å². The van der Waals surface area contributed by atoms with E-state index >= 15 is 0 Å². The molecule has 0 bridgehead atoms. The quantitative estimate of drug-likeness (QED) is 0.821. The molecule has 2 unspecified atom stereocenters. The molecule has 3 N–H and O–H groups in total. The highest BCUT2D eigenvalue weighted by atomic mass is 35.5. The second kappa shape index (κ2) is 6.32. The Morgan fingerprint density at radius 1 is 1.68 bits per heavy atom. The second-order valence-electron chi connectivity index (χ2n) is 5.05. The number of aromatic nitrogens is 1. The molecule has 5 nitrogen and oxygen atoms in total. The lowest BCUT2D eigenvalue weighted by Gasteiger charge is -2.34. The maximum atomic E-state index is 11.9. The molecule has 0 radical (unpaired) electrons. The number of halogens is 1. The van der Waals surface area contributed by atoms with Crippen LogP contribution >= 0.6 is 11.6 Å². The summed E-state index contributed by atoms with van der Waals surface area (Å²) < 4.78 is 0. The van der Waals surface area contributed by atoms with E-state index in [2.05, 4.69) is 22.1 Å². The van der Waals surface area contributed by atoms with Crippen molar-refractivity contribution in [1.82, 2.24) is 9.88 Å². The van der Waals surface area contributed by atoms with E-state index in [0.717, 1.165) is 19.5 Å². The van der Waals surface area contributed by atoms with Gasteiger partial charge >= 0.3 is 0 Å². The van der Waals surface area contributed by atoms with Crippen LogP contribution in [0.2, 0.25) is 5.15 Å². The van der Waals surface area contributed by atoms with Crippen LogP contribution in [0, 0.1) is 5.92 Å². The molecule has 0 saturated carbocycles. The number of likely N-dealkylation sites (tertiary alicyclic amines) is 1. The second-order valence-corrected chi connectivity index (χ2v) is 5.41. The Hall–Kier alpha value is -1.17. The zero-order valence-electron chi connectivity index (χ0n) is 11.0. The third-order valence-corrected chi connectivity index (χ3v) is 3.80. The third-order valence-electron chi connectivity index (χ3n) is 3.50. The molecule has 1 aliphatic heterocycles. The molecule has 2 heterocycles. The first-order chi connectivity index (χ1) is 9.06. The predicted molar refractivity (Wildman–Crippen MR) is 76.1 cm³/mol. The highest BCUT2D eigenvalue weighted by molar-refractivity contribution is 6.32. The number of carbonyl (C=O) groups is 1. The standard InChI is InChI=1S/C13H19ClN4O/c1-9-4-6-18(7-10(9)15)8-12(19)17-11-3-2-5-16-13(11)14/h2-3,5,9-10H,4,6-8,15H2,1H3,(H,17,19). The van der Waals surface area contributed by atoms with E-state index in [0.29, 0.717) is 23.3 Å². The summed E-state index contributed by atoms with van der Waals surface area (Å²) in [6.45, 7) is 4.15. The van der Waals surface area contributed by atoms with Crippen molar-refractivity contribution in [2.75, 3.05) is 25.0 Å². The van der Waals surface area contributed by atoms with Gasteiger partial charge in [0.05, 0.1) is 12.2 Å². The van der Waals surface area contributed by atoms with Crippen LogP contribution in [0.15, 0.2) is 18.3 Å². The summed E-state index contributed by atoms with van der Waals surface area (Å²) in [5, 5.41) is 3.07. The molecule has 1 fully saturated rings. The number of nitrogens with zero attached hydrogens (tertiary/aromatic N) is 2. The highest BCUT2D eigenvalue weighted by Gasteiger charge is 2.24. The summed E-state index contributed by atoms with van der Waals surface area (Å²) in [5.41, 5.74) is 6.56. The molecule has 19 heavy (non-hydrogen) atoms. The molecule has 1 amide bonds. The van der Waals surface area contributed by atoms with Crippen LogP contribution in [0.25, 0.3) is 0 Å². The smallest absolute Gasteiger partial charge is 0.238 e. The molecule has 104 valence electrons. The number of amides is 1. The lowest BCUT2D eigenvalue weighted by atomic mass is 9.94. The van der Waals surface area contributed by atoms with Gasteiger partial charge in [-0.1, -0.05) is 18.5 Å². The van der Waals surface area contributed by atoms with Crippen LogP contribution in [0.4, 0.5) is 5.69 Å². The van der Waals surface area contributed by atoms with E-state index in [-0.39, 0.29) is 11.9 Å². The predicted octanol–water partition coefficient (Wildman–Crippen LogP) is 1.34. The number of nitrogens with two attached hydrogens (primary N) is 1. The van der Waals surface area contributed by atoms with E-state index in [1.165, 1.54) is 0 Å². The molecule has 2 rings (SSSR count). The Kier molecular flexibility index (Phi) is 4.74. The zero-order valence-corrected chi connectivity index (χ0v) is 11.7. The van der Waals surface area contributed by atoms with E-state index < -0.39 is 0 Å². The third kappa shape index (κ3) is 3.89. The van der Waals surface area contributed by atoms with Gasteiger partial charge in [0, 0.05) is 18.8 Å². The van der Waals surface area contributed by atoms with Crippen molar-refractivity contribution in [2.45, 2.75) is 19.4 Å². The van der Waals surface area contributed by atoms with Gasteiger partial charge < -0.3 is 11.1 Å². The number of nitrogens with one attached hydrogen (secondary N) is 1. The molecule has 1 aliphatic rings. The molecule has 1 saturated heterocycles. The summed E-state index contributed by atoms with van der Waals surface area (Å²) in [6, 6.07) is 3.61. The summed E-state index contributed by atoms with van der Waals surface area (Å²) in [4.78, 5) is 17.9. The van der Waals surface area contributed by atoms with Gasteiger partial charge in [-0.25, -0.2) is 4.98 Å². The van der Waals surface area contributed by atoms with Crippen LogP contribution < -0.4 is 11.1 Å². The topological polar surface area (TPSA) is 71.2 Å². The van der Waals surface area contributed by atoms with E-state index in [1.807, 2.05) is 0 Å². The Bertz CT molecular complexity index is 454. The van der Waals surface area contributed by atoms with E-state index in [9.17, 15) is 4.79 Å².